The number of carboxylic acid groups (broad SMARTS) is 2. The number of nitrogens with zero attached hydrogens (tertiary/aromatic N) is 1. The third-order valence-electron chi connectivity index (χ3n) is 4.03. The van der Waals surface area contributed by atoms with E-state index in [4.69, 9.17) is 14.9 Å². The number of ether oxygens (including phenoxy) is 1. The molecule has 1 aromatic carbocycles. The highest BCUT2D eigenvalue weighted by molar-refractivity contribution is 5.65. The van der Waals surface area contributed by atoms with Crippen LogP contribution in [-0.4, -0.2) is 66.1 Å². The first-order chi connectivity index (χ1) is 11.5. The molecule has 4 N–H and O–H groups in total. The molecule has 132 valence electrons. The van der Waals surface area contributed by atoms with Gasteiger partial charge in [0.05, 0.1) is 7.11 Å². The van der Waals surface area contributed by atoms with E-state index in [1.54, 1.807) is 7.11 Å². The number of likely N-dealkylation sites (tertiary alicyclic amines) is 1. The zero-order chi connectivity index (χ0) is 17.5. The summed E-state index contributed by atoms with van der Waals surface area (Å²) in [6, 6.07) is 7.19. The minimum Gasteiger partial charge on any atom is -0.497 e. The third-order valence-corrected chi connectivity index (χ3v) is 4.03. The SMILES string of the molecule is COc1cccc(CCN2CC(NC(=O)O)CC(NC(=O)O)C2)c1. The Bertz CT molecular complexity index is 557. The first-order valence-electron chi connectivity index (χ1n) is 7.80. The molecule has 0 radical (unpaired) electrons. The molecular formula is C16H23N3O5. The van der Waals surface area contributed by atoms with Crippen molar-refractivity contribution >= 4 is 12.2 Å². The van der Waals surface area contributed by atoms with Gasteiger partial charge in [-0.2, -0.15) is 0 Å². The number of carbonyl (C=O) groups is 2. The van der Waals surface area contributed by atoms with Crippen LogP contribution in [0.4, 0.5) is 9.59 Å². The van der Waals surface area contributed by atoms with Crippen LogP contribution in [0.3, 0.4) is 0 Å². The van der Waals surface area contributed by atoms with Gasteiger partial charge in [0.2, 0.25) is 0 Å². The van der Waals surface area contributed by atoms with E-state index in [2.05, 4.69) is 15.5 Å². The second-order valence-corrected chi connectivity index (χ2v) is 5.89. The lowest BCUT2D eigenvalue weighted by atomic mass is 10.00. The topological polar surface area (TPSA) is 111 Å². The number of amides is 2. The first kappa shape index (κ1) is 17.9. The molecule has 0 aromatic heterocycles. The van der Waals surface area contributed by atoms with E-state index in [0.717, 1.165) is 17.7 Å². The summed E-state index contributed by atoms with van der Waals surface area (Å²) < 4.78 is 5.20. The number of methoxy groups -OCH3 is 1. The Hall–Kier alpha value is -2.48. The van der Waals surface area contributed by atoms with Gasteiger partial charge in [-0.3, -0.25) is 4.90 Å². The van der Waals surface area contributed by atoms with E-state index < -0.39 is 12.2 Å². The van der Waals surface area contributed by atoms with Crippen LogP contribution in [0.15, 0.2) is 24.3 Å². The fourth-order valence-electron chi connectivity index (χ4n) is 3.05. The Kier molecular flexibility index (Phi) is 6.25. The summed E-state index contributed by atoms with van der Waals surface area (Å²) in [5.41, 5.74) is 1.12. The molecule has 0 bridgehead atoms. The predicted octanol–water partition coefficient (Wildman–Crippen LogP) is 1.22. The predicted molar refractivity (Wildman–Crippen MR) is 87.7 cm³/mol. The second kappa shape index (κ2) is 8.39. The highest BCUT2D eigenvalue weighted by Crippen LogP contribution is 2.15. The fraction of sp³-hybridized carbons (Fsp3) is 0.500. The molecule has 8 nitrogen and oxygen atoms in total. The van der Waals surface area contributed by atoms with Gasteiger partial charge in [0.1, 0.15) is 5.75 Å². The van der Waals surface area contributed by atoms with Crippen molar-refractivity contribution in [2.24, 2.45) is 0 Å². The lowest BCUT2D eigenvalue weighted by Gasteiger charge is -2.37. The highest BCUT2D eigenvalue weighted by Gasteiger charge is 2.28. The number of hydrogen-bond acceptors (Lipinski definition) is 4. The summed E-state index contributed by atoms with van der Waals surface area (Å²) in [5, 5.41) is 22.7. The monoisotopic (exact) mass is 337 g/mol. The lowest BCUT2D eigenvalue weighted by Crippen LogP contribution is -2.57. The maximum Gasteiger partial charge on any atom is 0.404 e. The second-order valence-electron chi connectivity index (χ2n) is 5.89. The number of piperidine rings is 1. The van der Waals surface area contributed by atoms with Gasteiger partial charge >= 0.3 is 12.2 Å². The lowest BCUT2D eigenvalue weighted by molar-refractivity contribution is 0.138. The Labute approximate surface area is 140 Å². The summed E-state index contributed by atoms with van der Waals surface area (Å²) in [6.07, 6.45) is -0.960. The molecule has 1 saturated heterocycles. The minimum absolute atomic E-state index is 0.293. The van der Waals surface area contributed by atoms with Crippen LogP contribution < -0.4 is 15.4 Å². The summed E-state index contributed by atoms with van der Waals surface area (Å²) in [7, 11) is 1.62. The molecule has 1 aliphatic heterocycles. The van der Waals surface area contributed by atoms with Crippen molar-refractivity contribution in [2.75, 3.05) is 26.7 Å². The largest absolute Gasteiger partial charge is 0.497 e. The summed E-state index contributed by atoms with van der Waals surface area (Å²) in [6.45, 7) is 1.84. The molecule has 0 aliphatic carbocycles. The van der Waals surface area contributed by atoms with E-state index in [1.165, 1.54) is 0 Å². The molecule has 1 fully saturated rings. The van der Waals surface area contributed by atoms with Crippen LogP contribution >= 0.6 is 0 Å². The van der Waals surface area contributed by atoms with Gasteiger partial charge in [0, 0.05) is 31.7 Å². The maximum absolute atomic E-state index is 10.9. The molecule has 8 heteroatoms. The van der Waals surface area contributed by atoms with Crippen molar-refractivity contribution in [1.82, 2.24) is 15.5 Å². The van der Waals surface area contributed by atoms with Gasteiger partial charge in [0.25, 0.3) is 0 Å². The van der Waals surface area contributed by atoms with Gasteiger partial charge in [-0.1, -0.05) is 12.1 Å². The van der Waals surface area contributed by atoms with Crippen molar-refractivity contribution in [3.05, 3.63) is 29.8 Å². The molecule has 2 rings (SSSR count). The summed E-state index contributed by atoms with van der Waals surface area (Å²) in [5.74, 6) is 0.794. The summed E-state index contributed by atoms with van der Waals surface area (Å²) >= 11 is 0. The van der Waals surface area contributed by atoms with E-state index in [9.17, 15) is 9.59 Å². The fourth-order valence-corrected chi connectivity index (χ4v) is 3.05. The summed E-state index contributed by atoms with van der Waals surface area (Å²) in [4.78, 5) is 23.8. The normalized spacial score (nSPS) is 21.0. The van der Waals surface area contributed by atoms with Gasteiger partial charge < -0.3 is 25.6 Å². The third kappa shape index (κ3) is 5.62. The number of nitrogens with one attached hydrogen (secondary N) is 2. The minimum atomic E-state index is -1.09. The van der Waals surface area contributed by atoms with E-state index in [-0.39, 0.29) is 12.1 Å². The Balaban J connectivity index is 1.95. The van der Waals surface area contributed by atoms with Gasteiger partial charge in [-0.25, -0.2) is 9.59 Å². The van der Waals surface area contributed by atoms with Crippen molar-refractivity contribution < 1.29 is 24.5 Å². The molecular weight excluding hydrogens is 314 g/mol. The Morgan fingerprint density at radius 3 is 2.38 bits per heavy atom. The molecule has 0 spiro atoms. The zero-order valence-electron chi connectivity index (χ0n) is 13.6. The zero-order valence-corrected chi connectivity index (χ0v) is 13.6. The molecule has 1 heterocycles. The average molecular weight is 337 g/mol. The van der Waals surface area contributed by atoms with Crippen LogP contribution in [0.25, 0.3) is 0 Å². The standard InChI is InChI=1S/C16H23N3O5/c1-24-14-4-2-3-11(7-14)5-6-19-9-12(17-15(20)21)8-13(10-19)18-16(22)23/h2-4,7,12-13,17-18H,5-6,8-10H2,1H3,(H,20,21)(H,22,23). The first-order valence-corrected chi connectivity index (χ1v) is 7.80. The van der Waals surface area contributed by atoms with Gasteiger partial charge in [-0.15, -0.1) is 0 Å². The quantitative estimate of drug-likeness (QED) is 0.621. The molecule has 1 aromatic rings. The Morgan fingerprint density at radius 1 is 1.21 bits per heavy atom. The van der Waals surface area contributed by atoms with E-state index in [1.807, 2.05) is 24.3 Å². The smallest absolute Gasteiger partial charge is 0.404 e. The van der Waals surface area contributed by atoms with Crippen molar-refractivity contribution in [2.45, 2.75) is 24.9 Å². The molecule has 2 amide bonds. The molecule has 24 heavy (non-hydrogen) atoms. The molecule has 2 unspecified atom stereocenters. The molecule has 1 aliphatic rings. The van der Waals surface area contributed by atoms with Crippen LogP contribution in [0, 0.1) is 0 Å². The highest BCUT2D eigenvalue weighted by atomic mass is 16.5. The van der Waals surface area contributed by atoms with Gasteiger partial charge in [0.15, 0.2) is 0 Å². The van der Waals surface area contributed by atoms with Crippen LogP contribution in [-0.2, 0) is 6.42 Å². The van der Waals surface area contributed by atoms with Crippen molar-refractivity contribution in [3.63, 3.8) is 0 Å². The average Bonchev–Trinajstić information content (AvgIpc) is 2.51. The van der Waals surface area contributed by atoms with Crippen molar-refractivity contribution in [1.29, 1.82) is 0 Å². The van der Waals surface area contributed by atoms with Crippen LogP contribution in [0.5, 0.6) is 5.75 Å². The van der Waals surface area contributed by atoms with Gasteiger partial charge in [-0.05, 0) is 30.5 Å². The van der Waals surface area contributed by atoms with Crippen LogP contribution in [0.1, 0.15) is 12.0 Å². The Morgan fingerprint density at radius 2 is 1.83 bits per heavy atom. The van der Waals surface area contributed by atoms with E-state index >= 15 is 0 Å². The van der Waals surface area contributed by atoms with Crippen LogP contribution in [0.2, 0.25) is 0 Å². The number of rotatable bonds is 6. The number of hydrogen-bond donors (Lipinski definition) is 4. The maximum atomic E-state index is 10.9. The van der Waals surface area contributed by atoms with E-state index in [0.29, 0.717) is 26.1 Å². The van der Waals surface area contributed by atoms with Crippen molar-refractivity contribution in [3.8, 4) is 5.75 Å². The molecule has 0 saturated carbocycles. The molecule has 2 atom stereocenters. The number of benzene rings is 1.